The number of nitrogens with two attached hydrogens (primary N) is 1. The molecule has 0 bridgehead atoms. The normalized spacial score (nSPS) is 15.4. The minimum absolute atomic E-state index is 0.0278. The van der Waals surface area contributed by atoms with Gasteiger partial charge >= 0.3 is 11.9 Å². The molecule has 0 aliphatic carbocycles. The zero-order valence-electron chi connectivity index (χ0n) is 36.8. The number of carboxylic acid groups (broad SMARTS) is 2. The number of carbonyl (C=O) groups is 6. The SMILES string of the molecule is NN[C@@H](CCCCNC(=O)COCCOCCNC(=O)COCCOCCNC(=O)CC[C@H](NC(=O)CCCCCCCCCCCCCCCCC(=O)O)C(=O)O)C1OC1O. The number of ether oxygens (including phenoxy) is 5. The van der Waals surface area contributed by atoms with Gasteiger partial charge in [-0.3, -0.25) is 35.2 Å². The van der Waals surface area contributed by atoms with E-state index in [9.17, 15) is 39.0 Å². The third-order valence-electron chi connectivity index (χ3n) is 10.1. The van der Waals surface area contributed by atoms with Crippen molar-refractivity contribution in [2.24, 2.45) is 5.84 Å². The van der Waals surface area contributed by atoms with E-state index in [1.165, 1.54) is 44.9 Å². The van der Waals surface area contributed by atoms with E-state index in [2.05, 4.69) is 26.7 Å². The molecule has 2 unspecified atom stereocenters. The molecule has 0 aromatic carbocycles. The number of epoxide rings is 1. The minimum atomic E-state index is -1.18. The molecule has 62 heavy (non-hydrogen) atoms. The highest BCUT2D eigenvalue weighted by Gasteiger charge is 2.42. The van der Waals surface area contributed by atoms with E-state index in [-0.39, 0.29) is 127 Å². The molecule has 4 atom stereocenters. The number of aliphatic hydroxyl groups is 1. The highest BCUT2D eigenvalue weighted by atomic mass is 16.7. The van der Waals surface area contributed by atoms with Crippen LogP contribution >= 0.6 is 0 Å². The second-order valence-electron chi connectivity index (χ2n) is 15.5. The molecular formula is C42H78N6O14. The van der Waals surface area contributed by atoms with Crippen LogP contribution < -0.4 is 32.5 Å². The van der Waals surface area contributed by atoms with Gasteiger partial charge in [-0.25, -0.2) is 4.79 Å². The number of nitrogens with one attached hydrogen (secondary N) is 5. The monoisotopic (exact) mass is 891 g/mol. The van der Waals surface area contributed by atoms with Gasteiger partial charge in [0.15, 0.2) is 6.29 Å². The standard InChI is InChI=1S/C42H78N6O14/c43-48-33(40-42(57)62-40)17-15-16-22-44-37(51)31-60-29-28-59-26-24-46-38(52)32-61-30-27-58-25-23-45-35(49)21-20-34(41(55)56)47-36(50)18-13-11-9-7-5-3-1-2-4-6-8-10-12-14-19-39(53)54/h33-34,40,42,48,57H,1-32,43H2,(H,44,51)(H,45,49)(H,46,52)(H,47,50)(H,53,54)(H,55,56)/t33-,34-,40?,42?/m0/s1. The van der Waals surface area contributed by atoms with Gasteiger partial charge in [0.1, 0.15) is 25.4 Å². The third kappa shape index (κ3) is 35.0. The summed E-state index contributed by atoms with van der Waals surface area (Å²) in [6.45, 7) is 2.04. The summed E-state index contributed by atoms with van der Waals surface area (Å²) in [6.07, 6.45) is 16.7. The van der Waals surface area contributed by atoms with Crippen LogP contribution in [-0.4, -0.2) is 148 Å². The fraction of sp³-hybridized carbons (Fsp3) is 0.857. The summed E-state index contributed by atoms with van der Waals surface area (Å²) in [6, 6.07) is -1.26. The number of aliphatic carboxylic acids is 2. The number of aliphatic hydroxyl groups excluding tert-OH is 1. The maximum Gasteiger partial charge on any atom is 0.326 e. The number of rotatable bonds is 45. The van der Waals surface area contributed by atoms with Crippen molar-refractivity contribution in [1.29, 1.82) is 0 Å². The van der Waals surface area contributed by atoms with E-state index in [0.717, 1.165) is 57.8 Å². The van der Waals surface area contributed by atoms with Crippen LogP contribution in [0.15, 0.2) is 0 Å². The molecule has 1 heterocycles. The predicted molar refractivity (Wildman–Crippen MR) is 228 cm³/mol. The zero-order valence-corrected chi connectivity index (χ0v) is 36.8. The van der Waals surface area contributed by atoms with Crippen molar-refractivity contribution in [2.45, 2.75) is 159 Å². The molecule has 20 heteroatoms. The minimum Gasteiger partial charge on any atom is -0.481 e. The van der Waals surface area contributed by atoms with Crippen LogP contribution in [0.5, 0.6) is 0 Å². The first kappa shape index (κ1) is 56.5. The molecule has 0 aromatic rings. The predicted octanol–water partition coefficient (Wildman–Crippen LogP) is 1.80. The average molecular weight is 891 g/mol. The van der Waals surface area contributed by atoms with Crippen molar-refractivity contribution in [3.8, 4) is 0 Å². The van der Waals surface area contributed by atoms with Crippen molar-refractivity contribution in [3.05, 3.63) is 0 Å². The number of carboxylic acids is 2. The molecule has 1 fully saturated rings. The smallest absolute Gasteiger partial charge is 0.326 e. The van der Waals surface area contributed by atoms with Gasteiger partial charge in [0, 0.05) is 38.9 Å². The summed E-state index contributed by atoms with van der Waals surface area (Å²) < 4.78 is 26.3. The summed E-state index contributed by atoms with van der Waals surface area (Å²) in [7, 11) is 0. The van der Waals surface area contributed by atoms with Gasteiger partial charge < -0.3 is 60.3 Å². The molecule has 1 saturated heterocycles. The van der Waals surface area contributed by atoms with Crippen LogP contribution in [0.25, 0.3) is 0 Å². The quantitative estimate of drug-likeness (QED) is 0.0182. The van der Waals surface area contributed by atoms with Crippen molar-refractivity contribution in [3.63, 3.8) is 0 Å². The molecule has 0 aromatic heterocycles. The fourth-order valence-electron chi connectivity index (χ4n) is 6.44. The van der Waals surface area contributed by atoms with E-state index in [4.69, 9.17) is 34.6 Å². The first-order chi connectivity index (χ1) is 30.0. The fourth-order valence-corrected chi connectivity index (χ4v) is 6.44. The molecule has 0 radical (unpaired) electrons. The van der Waals surface area contributed by atoms with Gasteiger partial charge in [-0.1, -0.05) is 77.0 Å². The van der Waals surface area contributed by atoms with Crippen molar-refractivity contribution >= 4 is 35.6 Å². The van der Waals surface area contributed by atoms with E-state index >= 15 is 0 Å². The lowest BCUT2D eigenvalue weighted by molar-refractivity contribution is -0.142. The lowest BCUT2D eigenvalue weighted by atomic mass is 10.0. The first-order valence-electron chi connectivity index (χ1n) is 22.7. The Morgan fingerprint density at radius 1 is 0.516 bits per heavy atom. The maximum absolute atomic E-state index is 12.3. The molecule has 20 nitrogen and oxygen atoms in total. The average Bonchev–Trinajstić information content (AvgIpc) is 3.97. The zero-order chi connectivity index (χ0) is 45.5. The third-order valence-corrected chi connectivity index (χ3v) is 10.1. The van der Waals surface area contributed by atoms with Gasteiger partial charge in [-0.15, -0.1) is 0 Å². The Morgan fingerprint density at radius 2 is 0.968 bits per heavy atom. The molecule has 0 saturated carbocycles. The van der Waals surface area contributed by atoms with Crippen molar-refractivity contribution < 1.29 is 67.8 Å². The van der Waals surface area contributed by atoms with Crippen LogP contribution in [0.2, 0.25) is 0 Å². The molecule has 4 amide bonds. The number of hydrogen-bond donors (Lipinski definition) is 9. The Morgan fingerprint density at radius 3 is 1.44 bits per heavy atom. The van der Waals surface area contributed by atoms with E-state index in [0.29, 0.717) is 13.0 Å². The summed E-state index contributed by atoms with van der Waals surface area (Å²) in [5.41, 5.74) is 2.63. The number of carbonyl (C=O) groups excluding carboxylic acids is 4. The molecule has 0 spiro atoms. The van der Waals surface area contributed by atoms with Crippen LogP contribution in [0.3, 0.4) is 0 Å². The lowest BCUT2D eigenvalue weighted by Gasteiger charge is -2.14. The second kappa shape index (κ2) is 39.1. The summed E-state index contributed by atoms with van der Waals surface area (Å²) >= 11 is 0. The van der Waals surface area contributed by atoms with E-state index < -0.39 is 24.3 Å². The Balaban J connectivity index is 1.88. The Labute approximate surface area is 367 Å². The molecule has 1 rings (SSSR count). The second-order valence-corrected chi connectivity index (χ2v) is 15.5. The van der Waals surface area contributed by atoms with E-state index in [1.807, 2.05) is 0 Å². The topological polar surface area (TPSA) is 299 Å². The van der Waals surface area contributed by atoms with Gasteiger partial charge in [0.2, 0.25) is 23.6 Å². The van der Waals surface area contributed by atoms with E-state index in [1.54, 1.807) is 0 Å². The first-order valence-corrected chi connectivity index (χ1v) is 22.7. The van der Waals surface area contributed by atoms with Gasteiger partial charge in [0.05, 0.1) is 45.7 Å². The summed E-state index contributed by atoms with van der Waals surface area (Å²) in [4.78, 5) is 70.5. The number of amides is 4. The largest absolute Gasteiger partial charge is 0.481 e. The Bertz CT molecular complexity index is 1220. The Kier molecular flexibility index (Phi) is 35.7. The van der Waals surface area contributed by atoms with Crippen LogP contribution in [0.4, 0.5) is 0 Å². The van der Waals surface area contributed by atoms with Crippen LogP contribution in [-0.2, 0) is 52.5 Å². The molecular weight excluding hydrogens is 812 g/mol. The number of unbranched alkanes of at least 4 members (excludes halogenated alkanes) is 14. The molecule has 360 valence electrons. The van der Waals surface area contributed by atoms with Gasteiger partial charge in [0.25, 0.3) is 0 Å². The summed E-state index contributed by atoms with van der Waals surface area (Å²) in [5.74, 6) is 2.32. The van der Waals surface area contributed by atoms with Gasteiger partial charge in [-0.2, -0.15) is 0 Å². The Hall–Kier alpha value is -3.50. The number of hydrazine groups is 1. The molecule has 1 aliphatic rings. The lowest BCUT2D eigenvalue weighted by Crippen LogP contribution is -2.41. The van der Waals surface area contributed by atoms with Gasteiger partial charge in [-0.05, 0) is 38.5 Å². The van der Waals surface area contributed by atoms with Crippen molar-refractivity contribution in [2.75, 3.05) is 72.5 Å². The molecule has 10 N–H and O–H groups in total. The highest BCUT2D eigenvalue weighted by molar-refractivity contribution is 5.84. The summed E-state index contributed by atoms with van der Waals surface area (Å²) in [5, 5.41) is 38.1. The van der Waals surface area contributed by atoms with Crippen molar-refractivity contribution in [1.82, 2.24) is 26.7 Å². The maximum atomic E-state index is 12.3. The highest BCUT2D eigenvalue weighted by Crippen LogP contribution is 2.25. The van der Waals surface area contributed by atoms with Crippen LogP contribution in [0, 0.1) is 0 Å². The number of hydrogen-bond acceptors (Lipinski definition) is 14. The van der Waals surface area contributed by atoms with Crippen LogP contribution in [0.1, 0.15) is 135 Å². The molecule has 1 aliphatic heterocycles.